The average Bonchev–Trinajstić information content (AvgIpc) is 2.34. The summed E-state index contributed by atoms with van der Waals surface area (Å²) < 4.78 is 6.09. The summed E-state index contributed by atoms with van der Waals surface area (Å²) in [7, 11) is 0. The van der Waals surface area contributed by atoms with Crippen molar-refractivity contribution in [1.82, 2.24) is 14.9 Å². The predicted molar refractivity (Wildman–Crippen MR) is 69.8 cm³/mol. The van der Waals surface area contributed by atoms with Gasteiger partial charge < -0.3 is 9.64 Å². The van der Waals surface area contributed by atoms with Crippen LogP contribution in [-0.2, 0) is 0 Å². The Labute approximate surface area is 113 Å². The summed E-state index contributed by atoms with van der Waals surface area (Å²) in [5.74, 6) is 3.04. The van der Waals surface area contributed by atoms with Crippen molar-refractivity contribution in [2.45, 2.75) is 18.9 Å². The number of nitrogens with zero attached hydrogens (tertiary/aromatic N) is 3. The third-order valence-electron chi connectivity index (χ3n) is 4.50. The van der Waals surface area contributed by atoms with Crippen molar-refractivity contribution in [2.24, 2.45) is 17.8 Å². The molecule has 1 aliphatic carbocycles. The summed E-state index contributed by atoms with van der Waals surface area (Å²) in [6.07, 6.45) is 8.19. The Morgan fingerprint density at radius 2 is 1.89 bits per heavy atom. The molecule has 1 aromatic rings. The summed E-state index contributed by atoms with van der Waals surface area (Å²) in [5, 5.41) is 0. The summed E-state index contributed by atoms with van der Waals surface area (Å²) in [4.78, 5) is 10.9. The van der Waals surface area contributed by atoms with Crippen LogP contribution in [0.4, 0.5) is 0 Å². The Hall–Kier alpha value is -0.870. The van der Waals surface area contributed by atoms with Gasteiger partial charge in [-0.3, -0.25) is 4.98 Å². The monoisotopic (exact) mass is 267 g/mol. The molecule has 4 nitrogen and oxygen atoms in total. The van der Waals surface area contributed by atoms with E-state index in [2.05, 4.69) is 14.9 Å². The molecule has 4 heterocycles. The first-order valence-corrected chi connectivity index (χ1v) is 6.53. The minimum absolute atomic E-state index is 0. The standard InChI is InChI=1S/C13H17N3O.ClH/c1-2-15-12(5-14-1)17-13-10-3-9-4-11(13)8-16(6-9)7-10;/h1-2,5,9-11,13H,3-4,6-8H2;1H/t9?,10-,11-,13?;/m0./s1. The lowest BCUT2D eigenvalue weighted by molar-refractivity contribution is -0.0998. The van der Waals surface area contributed by atoms with E-state index in [-0.39, 0.29) is 12.4 Å². The summed E-state index contributed by atoms with van der Waals surface area (Å²) in [6, 6.07) is 0. The Kier molecular flexibility index (Phi) is 3.16. The molecule has 1 saturated carbocycles. The van der Waals surface area contributed by atoms with E-state index in [9.17, 15) is 0 Å². The normalized spacial score (nSPS) is 40.3. The average molecular weight is 268 g/mol. The van der Waals surface area contributed by atoms with E-state index in [0.29, 0.717) is 23.8 Å². The first kappa shape index (κ1) is 12.2. The molecule has 2 atom stereocenters. The smallest absolute Gasteiger partial charge is 0.232 e. The van der Waals surface area contributed by atoms with Crippen molar-refractivity contribution in [3.63, 3.8) is 0 Å². The molecule has 5 rings (SSSR count). The fraction of sp³-hybridized carbons (Fsp3) is 0.692. The van der Waals surface area contributed by atoms with Crippen LogP contribution in [-0.4, -0.2) is 40.6 Å². The zero-order valence-electron chi connectivity index (χ0n) is 10.2. The van der Waals surface area contributed by atoms with E-state index in [0.717, 1.165) is 5.92 Å². The molecule has 4 bridgehead atoms. The second-order valence-corrected chi connectivity index (χ2v) is 5.70. The molecular weight excluding hydrogens is 250 g/mol. The molecule has 5 heteroatoms. The largest absolute Gasteiger partial charge is 0.473 e. The van der Waals surface area contributed by atoms with Crippen molar-refractivity contribution in [3.8, 4) is 5.88 Å². The van der Waals surface area contributed by atoms with Crippen LogP contribution in [0.15, 0.2) is 18.6 Å². The maximum absolute atomic E-state index is 6.09. The first-order chi connectivity index (χ1) is 8.38. The molecule has 3 saturated heterocycles. The predicted octanol–water partition coefficient (Wildman–Crippen LogP) is 1.62. The zero-order valence-corrected chi connectivity index (χ0v) is 11.1. The highest BCUT2D eigenvalue weighted by Crippen LogP contribution is 2.44. The Balaban J connectivity index is 0.000001000. The molecule has 0 radical (unpaired) electrons. The molecule has 0 amide bonds. The van der Waals surface area contributed by atoms with Crippen LogP contribution in [0.2, 0.25) is 0 Å². The van der Waals surface area contributed by atoms with Crippen LogP contribution in [0.3, 0.4) is 0 Å². The number of hydrogen-bond donors (Lipinski definition) is 0. The van der Waals surface area contributed by atoms with Gasteiger partial charge in [-0.25, -0.2) is 4.98 Å². The summed E-state index contributed by atoms with van der Waals surface area (Å²) in [5.41, 5.74) is 0. The first-order valence-electron chi connectivity index (χ1n) is 6.53. The van der Waals surface area contributed by atoms with Gasteiger partial charge in [0, 0.05) is 43.9 Å². The molecule has 0 aromatic carbocycles. The van der Waals surface area contributed by atoms with Crippen LogP contribution in [0.5, 0.6) is 5.88 Å². The number of rotatable bonds is 2. The topological polar surface area (TPSA) is 38.2 Å². The minimum atomic E-state index is 0. The Morgan fingerprint density at radius 1 is 1.11 bits per heavy atom. The molecule has 0 spiro atoms. The lowest BCUT2D eigenvalue weighted by Gasteiger charge is -2.55. The van der Waals surface area contributed by atoms with E-state index in [1.807, 2.05) is 0 Å². The van der Waals surface area contributed by atoms with Crippen molar-refractivity contribution >= 4 is 12.4 Å². The molecule has 1 aromatic heterocycles. The number of piperidine rings is 3. The quantitative estimate of drug-likeness (QED) is 0.816. The van der Waals surface area contributed by atoms with Crippen LogP contribution < -0.4 is 4.74 Å². The van der Waals surface area contributed by atoms with Crippen molar-refractivity contribution in [2.75, 3.05) is 19.6 Å². The molecule has 4 fully saturated rings. The van der Waals surface area contributed by atoms with E-state index < -0.39 is 0 Å². The van der Waals surface area contributed by atoms with E-state index in [1.165, 1.54) is 32.5 Å². The second kappa shape index (κ2) is 4.67. The zero-order chi connectivity index (χ0) is 11.2. The fourth-order valence-electron chi connectivity index (χ4n) is 4.04. The molecule has 0 unspecified atom stereocenters. The Morgan fingerprint density at radius 3 is 2.50 bits per heavy atom. The van der Waals surface area contributed by atoms with Gasteiger partial charge in [0.2, 0.25) is 5.88 Å². The minimum Gasteiger partial charge on any atom is -0.473 e. The molecule has 98 valence electrons. The molecular formula is C13H18ClN3O. The van der Waals surface area contributed by atoms with Crippen LogP contribution in [0.25, 0.3) is 0 Å². The van der Waals surface area contributed by atoms with Crippen LogP contribution in [0.1, 0.15) is 12.8 Å². The summed E-state index contributed by atoms with van der Waals surface area (Å²) >= 11 is 0. The van der Waals surface area contributed by atoms with Gasteiger partial charge in [-0.15, -0.1) is 12.4 Å². The van der Waals surface area contributed by atoms with Crippen LogP contribution in [0, 0.1) is 17.8 Å². The van der Waals surface area contributed by atoms with Crippen LogP contribution >= 0.6 is 12.4 Å². The van der Waals surface area contributed by atoms with Gasteiger partial charge in [0.05, 0.1) is 6.20 Å². The van der Waals surface area contributed by atoms with Gasteiger partial charge in [-0.2, -0.15) is 0 Å². The molecule has 4 aliphatic rings. The number of hydrogen-bond acceptors (Lipinski definition) is 4. The highest BCUT2D eigenvalue weighted by Gasteiger charge is 2.48. The molecule has 18 heavy (non-hydrogen) atoms. The third kappa shape index (κ3) is 1.97. The number of halogens is 1. The SMILES string of the molecule is Cl.c1cnc(OC2[C@H]3CC4C[C@H]2CN(C4)C3)cn1. The maximum Gasteiger partial charge on any atom is 0.232 e. The van der Waals surface area contributed by atoms with Gasteiger partial charge in [0.25, 0.3) is 0 Å². The maximum atomic E-state index is 6.09. The van der Waals surface area contributed by atoms with E-state index >= 15 is 0 Å². The van der Waals surface area contributed by atoms with Gasteiger partial charge in [0.15, 0.2) is 0 Å². The third-order valence-corrected chi connectivity index (χ3v) is 4.50. The Bertz CT molecular complexity index is 386. The molecule has 0 N–H and O–H groups in total. The van der Waals surface area contributed by atoms with Crippen molar-refractivity contribution in [3.05, 3.63) is 18.6 Å². The lowest BCUT2D eigenvalue weighted by Crippen LogP contribution is -2.61. The van der Waals surface area contributed by atoms with Gasteiger partial charge in [0.1, 0.15) is 6.10 Å². The van der Waals surface area contributed by atoms with E-state index in [4.69, 9.17) is 4.74 Å². The van der Waals surface area contributed by atoms with E-state index in [1.54, 1.807) is 18.6 Å². The van der Waals surface area contributed by atoms with Crippen molar-refractivity contribution in [1.29, 1.82) is 0 Å². The number of aromatic nitrogens is 2. The fourth-order valence-corrected chi connectivity index (χ4v) is 4.04. The van der Waals surface area contributed by atoms with Crippen molar-refractivity contribution < 1.29 is 4.74 Å². The highest BCUT2D eigenvalue weighted by molar-refractivity contribution is 5.85. The van der Waals surface area contributed by atoms with Gasteiger partial charge in [-0.05, 0) is 18.8 Å². The molecule has 3 aliphatic heterocycles. The summed E-state index contributed by atoms with van der Waals surface area (Å²) in [6.45, 7) is 3.76. The second-order valence-electron chi connectivity index (χ2n) is 5.70. The number of ether oxygens (including phenoxy) is 1. The lowest BCUT2D eigenvalue weighted by atomic mass is 9.66. The van der Waals surface area contributed by atoms with Gasteiger partial charge in [-0.1, -0.05) is 0 Å². The van der Waals surface area contributed by atoms with Gasteiger partial charge >= 0.3 is 0 Å². The highest BCUT2D eigenvalue weighted by atomic mass is 35.5.